The number of nitrogens with one attached hydrogen (secondary N) is 1. The van der Waals surface area contributed by atoms with Gasteiger partial charge in [-0.25, -0.2) is 0 Å². The van der Waals surface area contributed by atoms with E-state index in [4.69, 9.17) is 0 Å². The third kappa shape index (κ3) is 6.60. The molecule has 1 rings (SSSR count). The highest BCUT2D eigenvalue weighted by atomic mass is 16.3. The highest BCUT2D eigenvalue weighted by Crippen LogP contribution is 2.20. The average Bonchev–Trinajstić information content (AvgIpc) is 2.41. The van der Waals surface area contributed by atoms with Gasteiger partial charge in [-0.3, -0.25) is 4.79 Å². The molecule has 0 spiro atoms. The van der Waals surface area contributed by atoms with Gasteiger partial charge in [-0.2, -0.15) is 0 Å². The van der Waals surface area contributed by atoms with Crippen LogP contribution >= 0.6 is 0 Å². The molecule has 0 heterocycles. The van der Waals surface area contributed by atoms with Crippen LogP contribution in [0.4, 0.5) is 5.69 Å². The summed E-state index contributed by atoms with van der Waals surface area (Å²) in [6.45, 7) is 4.10. The Bertz CT molecular complexity index is 415. The van der Waals surface area contributed by atoms with Crippen LogP contribution in [0, 0.1) is 6.92 Å². The number of rotatable bonds is 9. The summed E-state index contributed by atoms with van der Waals surface area (Å²) >= 11 is 0. The molecule has 0 saturated heterocycles. The first-order valence-electron chi connectivity index (χ1n) is 7.73. The van der Waals surface area contributed by atoms with Crippen LogP contribution in [-0.2, 0) is 4.79 Å². The summed E-state index contributed by atoms with van der Waals surface area (Å²) in [4.78, 5) is 11.8. The molecule has 0 radical (unpaired) electrons. The van der Waals surface area contributed by atoms with Gasteiger partial charge >= 0.3 is 0 Å². The maximum Gasteiger partial charge on any atom is 0.224 e. The van der Waals surface area contributed by atoms with Crippen molar-refractivity contribution in [3.05, 3.63) is 23.8 Å². The van der Waals surface area contributed by atoms with Gasteiger partial charge in [-0.1, -0.05) is 45.4 Å². The van der Waals surface area contributed by atoms with Crippen molar-refractivity contribution in [2.75, 3.05) is 5.32 Å². The quantitative estimate of drug-likeness (QED) is 0.504. The minimum Gasteiger partial charge on any atom is -0.508 e. The second-order valence-corrected chi connectivity index (χ2v) is 5.42. The lowest BCUT2D eigenvalue weighted by Gasteiger charge is -2.08. The van der Waals surface area contributed by atoms with Gasteiger partial charge in [-0.15, -0.1) is 0 Å². The Labute approximate surface area is 122 Å². The van der Waals surface area contributed by atoms with Crippen LogP contribution in [0.3, 0.4) is 0 Å². The molecule has 0 bridgehead atoms. The average molecular weight is 277 g/mol. The zero-order valence-corrected chi connectivity index (χ0v) is 12.7. The van der Waals surface area contributed by atoms with Crippen molar-refractivity contribution in [3.8, 4) is 5.75 Å². The maximum absolute atomic E-state index is 11.8. The molecular formula is C17H27NO2. The number of amides is 1. The molecular weight excluding hydrogens is 250 g/mol. The van der Waals surface area contributed by atoms with E-state index in [1.165, 1.54) is 32.1 Å². The molecule has 0 aromatic heterocycles. The maximum atomic E-state index is 11.8. The van der Waals surface area contributed by atoms with Gasteiger partial charge in [0.1, 0.15) is 5.75 Å². The smallest absolute Gasteiger partial charge is 0.224 e. The summed E-state index contributed by atoms with van der Waals surface area (Å²) in [6.07, 6.45) is 9.08. The predicted molar refractivity (Wildman–Crippen MR) is 84.1 cm³/mol. The normalized spacial score (nSPS) is 10.5. The molecule has 2 N–H and O–H groups in total. The molecule has 0 unspecified atom stereocenters. The van der Waals surface area contributed by atoms with E-state index in [9.17, 15) is 9.90 Å². The summed E-state index contributed by atoms with van der Waals surface area (Å²) in [5.74, 6) is 0.292. The van der Waals surface area contributed by atoms with E-state index in [-0.39, 0.29) is 11.7 Å². The van der Waals surface area contributed by atoms with Crippen LogP contribution in [0.15, 0.2) is 18.2 Å². The van der Waals surface area contributed by atoms with Crippen molar-refractivity contribution in [2.24, 2.45) is 0 Å². The van der Waals surface area contributed by atoms with Gasteiger partial charge in [0.25, 0.3) is 0 Å². The molecule has 0 saturated carbocycles. The third-order valence-corrected chi connectivity index (χ3v) is 3.49. The topological polar surface area (TPSA) is 49.3 Å². The SMILES string of the molecule is CCCCCCCCCC(=O)Nc1ccc(O)cc1C. The second kappa shape index (κ2) is 9.40. The van der Waals surface area contributed by atoms with Crippen LogP contribution in [0.25, 0.3) is 0 Å². The fourth-order valence-electron chi connectivity index (χ4n) is 2.24. The number of phenols is 1. The summed E-state index contributed by atoms with van der Waals surface area (Å²) < 4.78 is 0. The number of unbranched alkanes of at least 4 members (excludes halogenated alkanes) is 6. The zero-order chi connectivity index (χ0) is 14.8. The fraction of sp³-hybridized carbons (Fsp3) is 0.588. The number of aromatic hydroxyl groups is 1. The van der Waals surface area contributed by atoms with Gasteiger partial charge < -0.3 is 10.4 Å². The standard InChI is InChI=1S/C17H27NO2/c1-3-4-5-6-7-8-9-10-17(20)18-16-12-11-15(19)13-14(16)2/h11-13,19H,3-10H2,1-2H3,(H,18,20). The van der Waals surface area contributed by atoms with Gasteiger partial charge in [0, 0.05) is 12.1 Å². The first-order chi connectivity index (χ1) is 9.63. The largest absolute Gasteiger partial charge is 0.508 e. The molecule has 1 aromatic carbocycles. The Hall–Kier alpha value is -1.51. The zero-order valence-electron chi connectivity index (χ0n) is 12.7. The summed E-state index contributed by atoms with van der Waals surface area (Å²) in [7, 11) is 0. The molecule has 0 aliphatic carbocycles. The number of anilines is 1. The molecule has 1 amide bonds. The van der Waals surface area contributed by atoms with E-state index in [0.717, 1.165) is 24.1 Å². The molecule has 0 fully saturated rings. The number of hydrogen-bond donors (Lipinski definition) is 2. The van der Waals surface area contributed by atoms with Gasteiger partial charge in [-0.05, 0) is 37.1 Å². The summed E-state index contributed by atoms with van der Waals surface area (Å²) in [5.41, 5.74) is 1.67. The van der Waals surface area contributed by atoms with Crippen molar-refractivity contribution >= 4 is 11.6 Å². The molecule has 0 aliphatic heterocycles. The molecule has 0 atom stereocenters. The van der Waals surface area contributed by atoms with E-state index in [1.54, 1.807) is 18.2 Å². The van der Waals surface area contributed by atoms with E-state index in [0.29, 0.717) is 6.42 Å². The monoisotopic (exact) mass is 277 g/mol. The highest BCUT2D eigenvalue weighted by Gasteiger charge is 2.05. The highest BCUT2D eigenvalue weighted by molar-refractivity contribution is 5.91. The Morgan fingerprint density at radius 3 is 2.40 bits per heavy atom. The lowest BCUT2D eigenvalue weighted by molar-refractivity contribution is -0.116. The van der Waals surface area contributed by atoms with Gasteiger partial charge in [0.2, 0.25) is 5.91 Å². The fourth-order valence-corrected chi connectivity index (χ4v) is 2.24. The number of carbonyl (C=O) groups is 1. The molecule has 112 valence electrons. The number of carbonyl (C=O) groups excluding carboxylic acids is 1. The van der Waals surface area contributed by atoms with Crippen LogP contribution in [0.2, 0.25) is 0 Å². The van der Waals surface area contributed by atoms with E-state index < -0.39 is 0 Å². The Morgan fingerprint density at radius 2 is 1.75 bits per heavy atom. The first kappa shape index (κ1) is 16.5. The number of hydrogen-bond acceptors (Lipinski definition) is 2. The number of phenolic OH excluding ortho intramolecular Hbond substituents is 1. The van der Waals surface area contributed by atoms with Crippen LogP contribution in [0.1, 0.15) is 63.9 Å². The molecule has 0 aliphatic rings. The molecule has 20 heavy (non-hydrogen) atoms. The predicted octanol–water partition coefficient (Wildman–Crippen LogP) is 4.78. The van der Waals surface area contributed by atoms with E-state index in [2.05, 4.69) is 12.2 Å². The Morgan fingerprint density at radius 1 is 1.10 bits per heavy atom. The summed E-state index contributed by atoms with van der Waals surface area (Å²) in [6, 6.07) is 4.99. The second-order valence-electron chi connectivity index (χ2n) is 5.42. The van der Waals surface area contributed by atoms with Crippen molar-refractivity contribution in [1.82, 2.24) is 0 Å². The van der Waals surface area contributed by atoms with Crippen molar-refractivity contribution in [3.63, 3.8) is 0 Å². The van der Waals surface area contributed by atoms with Crippen LogP contribution in [-0.4, -0.2) is 11.0 Å². The minimum atomic E-state index is 0.0624. The van der Waals surface area contributed by atoms with Crippen LogP contribution < -0.4 is 5.32 Å². The number of benzene rings is 1. The van der Waals surface area contributed by atoms with E-state index in [1.807, 2.05) is 6.92 Å². The Kier molecular flexibility index (Phi) is 7.78. The third-order valence-electron chi connectivity index (χ3n) is 3.49. The minimum absolute atomic E-state index is 0.0624. The molecule has 3 nitrogen and oxygen atoms in total. The van der Waals surface area contributed by atoms with Crippen LogP contribution in [0.5, 0.6) is 5.75 Å². The molecule has 1 aromatic rings. The van der Waals surface area contributed by atoms with Gasteiger partial charge in [0.15, 0.2) is 0 Å². The number of aryl methyl sites for hydroxylation is 1. The Balaban J connectivity index is 2.17. The van der Waals surface area contributed by atoms with Crippen molar-refractivity contribution in [2.45, 2.75) is 65.2 Å². The summed E-state index contributed by atoms with van der Waals surface area (Å²) in [5, 5.41) is 12.2. The van der Waals surface area contributed by atoms with Crippen molar-refractivity contribution < 1.29 is 9.90 Å². The van der Waals surface area contributed by atoms with E-state index >= 15 is 0 Å². The molecule has 3 heteroatoms. The lowest BCUT2D eigenvalue weighted by Crippen LogP contribution is -2.11. The van der Waals surface area contributed by atoms with Gasteiger partial charge in [0.05, 0.1) is 0 Å². The first-order valence-corrected chi connectivity index (χ1v) is 7.73. The lowest BCUT2D eigenvalue weighted by atomic mass is 10.1. The van der Waals surface area contributed by atoms with Crippen molar-refractivity contribution in [1.29, 1.82) is 0 Å².